The van der Waals surface area contributed by atoms with Crippen LogP contribution in [0.4, 0.5) is 11.4 Å². The molecule has 0 unspecified atom stereocenters. The van der Waals surface area contributed by atoms with E-state index in [1.54, 1.807) is 30.3 Å². The molecule has 2 aromatic carbocycles. The summed E-state index contributed by atoms with van der Waals surface area (Å²) in [5.74, 6) is 0.105. The van der Waals surface area contributed by atoms with E-state index in [9.17, 15) is 9.59 Å². The molecule has 0 aliphatic carbocycles. The summed E-state index contributed by atoms with van der Waals surface area (Å²) in [5, 5.41) is 5.47. The van der Waals surface area contributed by atoms with E-state index in [1.165, 1.54) is 14.0 Å². The van der Waals surface area contributed by atoms with Gasteiger partial charge >= 0.3 is 0 Å². The Kier molecular flexibility index (Phi) is 4.78. The summed E-state index contributed by atoms with van der Waals surface area (Å²) >= 11 is 0. The third-order valence-corrected chi connectivity index (χ3v) is 3.08. The summed E-state index contributed by atoms with van der Waals surface area (Å²) in [7, 11) is 1.52. The Bertz CT molecular complexity index is 694. The average Bonchev–Trinajstić information content (AvgIpc) is 2.47. The number of nitrogens with one attached hydrogen (secondary N) is 2. The first-order valence-corrected chi connectivity index (χ1v) is 6.83. The lowest BCUT2D eigenvalue weighted by molar-refractivity contribution is -0.114. The number of ether oxygens (including phenoxy) is 1. The van der Waals surface area contributed by atoms with Crippen LogP contribution in [-0.4, -0.2) is 18.9 Å². The topological polar surface area (TPSA) is 67.4 Å². The van der Waals surface area contributed by atoms with Gasteiger partial charge in [-0.15, -0.1) is 0 Å². The van der Waals surface area contributed by atoms with Gasteiger partial charge in [-0.3, -0.25) is 9.59 Å². The minimum Gasteiger partial charge on any atom is -0.495 e. The molecule has 2 N–H and O–H groups in total. The number of aryl methyl sites for hydroxylation is 1. The molecule has 0 atom stereocenters. The number of carbonyl (C=O) groups is 2. The molecule has 0 fully saturated rings. The molecule has 0 saturated carbocycles. The molecule has 2 aromatic rings. The molecule has 0 heterocycles. The van der Waals surface area contributed by atoms with Gasteiger partial charge < -0.3 is 15.4 Å². The van der Waals surface area contributed by atoms with Gasteiger partial charge in [0.25, 0.3) is 5.91 Å². The van der Waals surface area contributed by atoms with Crippen molar-refractivity contribution in [1.82, 2.24) is 0 Å². The van der Waals surface area contributed by atoms with E-state index in [-0.39, 0.29) is 11.8 Å². The first-order chi connectivity index (χ1) is 10.5. The number of benzene rings is 2. The van der Waals surface area contributed by atoms with Crippen LogP contribution in [0.5, 0.6) is 5.75 Å². The van der Waals surface area contributed by atoms with Crippen LogP contribution < -0.4 is 15.4 Å². The number of hydrogen-bond donors (Lipinski definition) is 2. The number of methoxy groups -OCH3 is 1. The van der Waals surface area contributed by atoms with E-state index < -0.39 is 0 Å². The number of anilines is 2. The Balaban J connectivity index is 2.24. The first-order valence-electron chi connectivity index (χ1n) is 6.83. The van der Waals surface area contributed by atoms with Crippen molar-refractivity contribution < 1.29 is 14.3 Å². The highest BCUT2D eigenvalue weighted by Gasteiger charge is 2.11. The molecule has 0 saturated heterocycles. The van der Waals surface area contributed by atoms with Gasteiger partial charge in [0.15, 0.2) is 0 Å². The third-order valence-electron chi connectivity index (χ3n) is 3.08. The van der Waals surface area contributed by atoms with E-state index in [0.717, 1.165) is 5.56 Å². The third kappa shape index (κ3) is 3.85. The Hall–Kier alpha value is -2.82. The fraction of sp³-hybridized carbons (Fsp3) is 0.176. The van der Waals surface area contributed by atoms with Gasteiger partial charge in [0.05, 0.1) is 12.8 Å². The molecule has 0 bridgehead atoms. The average molecular weight is 298 g/mol. The number of amides is 2. The Morgan fingerprint density at radius 2 is 1.68 bits per heavy atom. The monoisotopic (exact) mass is 298 g/mol. The minimum absolute atomic E-state index is 0.180. The van der Waals surface area contributed by atoms with Gasteiger partial charge in [-0.1, -0.05) is 17.7 Å². The molecule has 22 heavy (non-hydrogen) atoms. The summed E-state index contributed by atoms with van der Waals surface area (Å²) in [6, 6.07) is 12.3. The van der Waals surface area contributed by atoms with Crippen molar-refractivity contribution in [1.29, 1.82) is 0 Å². The molecule has 0 aliphatic heterocycles. The van der Waals surface area contributed by atoms with E-state index in [4.69, 9.17) is 4.74 Å². The second kappa shape index (κ2) is 6.76. The highest BCUT2D eigenvalue weighted by molar-refractivity contribution is 6.05. The van der Waals surface area contributed by atoms with Gasteiger partial charge in [0.1, 0.15) is 5.75 Å². The maximum Gasteiger partial charge on any atom is 0.255 e. The highest BCUT2D eigenvalue weighted by Crippen LogP contribution is 2.28. The quantitative estimate of drug-likeness (QED) is 0.910. The van der Waals surface area contributed by atoms with Crippen molar-refractivity contribution in [3.8, 4) is 5.75 Å². The fourth-order valence-corrected chi connectivity index (χ4v) is 1.99. The molecule has 2 rings (SSSR count). The summed E-state index contributed by atoms with van der Waals surface area (Å²) in [6.45, 7) is 3.39. The van der Waals surface area contributed by atoms with Gasteiger partial charge in [0, 0.05) is 18.2 Å². The lowest BCUT2D eigenvalue weighted by atomic mass is 10.1. The van der Waals surface area contributed by atoms with Crippen molar-refractivity contribution >= 4 is 23.2 Å². The van der Waals surface area contributed by atoms with Crippen LogP contribution in [0.2, 0.25) is 0 Å². The molecule has 5 heteroatoms. The molecule has 0 radical (unpaired) electrons. The van der Waals surface area contributed by atoms with Crippen LogP contribution in [0.15, 0.2) is 42.5 Å². The normalized spacial score (nSPS) is 9.95. The van der Waals surface area contributed by atoms with Crippen LogP contribution in [0, 0.1) is 6.92 Å². The van der Waals surface area contributed by atoms with Crippen LogP contribution in [0.25, 0.3) is 0 Å². The van der Waals surface area contributed by atoms with Crippen LogP contribution in [-0.2, 0) is 4.79 Å². The van der Waals surface area contributed by atoms with Crippen LogP contribution in [0.1, 0.15) is 22.8 Å². The smallest absolute Gasteiger partial charge is 0.255 e. The number of rotatable bonds is 4. The maximum atomic E-state index is 12.3. The van der Waals surface area contributed by atoms with Gasteiger partial charge in [-0.25, -0.2) is 0 Å². The SMILES string of the molecule is COc1ccc(NC(C)=O)cc1NC(=O)c1ccc(C)cc1. The Labute approximate surface area is 129 Å². The lowest BCUT2D eigenvalue weighted by Gasteiger charge is -2.12. The van der Waals surface area contributed by atoms with E-state index >= 15 is 0 Å². The molecule has 5 nitrogen and oxygen atoms in total. The Morgan fingerprint density at radius 1 is 1.00 bits per heavy atom. The Morgan fingerprint density at radius 3 is 2.27 bits per heavy atom. The molecular formula is C17H18N2O3. The second-order valence-corrected chi connectivity index (χ2v) is 4.92. The zero-order chi connectivity index (χ0) is 16.1. The summed E-state index contributed by atoms with van der Waals surface area (Å²) in [5.41, 5.74) is 2.73. The minimum atomic E-state index is -0.238. The summed E-state index contributed by atoms with van der Waals surface area (Å²) in [4.78, 5) is 23.4. The predicted octanol–water partition coefficient (Wildman–Crippen LogP) is 3.21. The molecule has 0 aliphatic rings. The zero-order valence-electron chi connectivity index (χ0n) is 12.8. The fourth-order valence-electron chi connectivity index (χ4n) is 1.99. The lowest BCUT2D eigenvalue weighted by Crippen LogP contribution is -2.13. The van der Waals surface area contributed by atoms with Crippen LogP contribution in [0.3, 0.4) is 0 Å². The van der Waals surface area contributed by atoms with Crippen LogP contribution >= 0.6 is 0 Å². The molecular weight excluding hydrogens is 280 g/mol. The largest absolute Gasteiger partial charge is 0.495 e. The molecule has 0 aromatic heterocycles. The maximum absolute atomic E-state index is 12.3. The summed E-state index contributed by atoms with van der Waals surface area (Å²) in [6.07, 6.45) is 0. The molecule has 114 valence electrons. The van der Waals surface area contributed by atoms with Crippen molar-refractivity contribution in [2.24, 2.45) is 0 Å². The van der Waals surface area contributed by atoms with Crippen molar-refractivity contribution in [2.75, 3.05) is 17.7 Å². The van der Waals surface area contributed by atoms with Gasteiger partial charge in [0.2, 0.25) is 5.91 Å². The highest BCUT2D eigenvalue weighted by atomic mass is 16.5. The number of hydrogen-bond acceptors (Lipinski definition) is 3. The summed E-state index contributed by atoms with van der Waals surface area (Å²) < 4.78 is 5.23. The molecule has 2 amide bonds. The number of carbonyl (C=O) groups excluding carboxylic acids is 2. The first kappa shape index (κ1) is 15.6. The van der Waals surface area contributed by atoms with Crippen molar-refractivity contribution in [3.05, 3.63) is 53.6 Å². The molecule has 0 spiro atoms. The standard InChI is InChI=1S/C17H18N2O3/c1-11-4-6-13(7-5-11)17(21)19-15-10-14(18-12(2)20)8-9-16(15)22-3/h4-10H,1-3H3,(H,18,20)(H,19,21). The second-order valence-electron chi connectivity index (χ2n) is 4.92. The van der Waals surface area contributed by atoms with E-state index in [0.29, 0.717) is 22.7 Å². The predicted molar refractivity (Wildman–Crippen MR) is 86.4 cm³/mol. The van der Waals surface area contributed by atoms with Gasteiger partial charge in [-0.05, 0) is 37.3 Å². The van der Waals surface area contributed by atoms with E-state index in [1.807, 2.05) is 19.1 Å². The van der Waals surface area contributed by atoms with E-state index in [2.05, 4.69) is 10.6 Å². The van der Waals surface area contributed by atoms with Gasteiger partial charge in [-0.2, -0.15) is 0 Å². The van der Waals surface area contributed by atoms with Crippen molar-refractivity contribution in [3.63, 3.8) is 0 Å². The zero-order valence-corrected chi connectivity index (χ0v) is 12.8. The van der Waals surface area contributed by atoms with Crippen molar-refractivity contribution in [2.45, 2.75) is 13.8 Å².